The molecule has 1 aromatic heterocycles. The molecular weight excluding hydrogens is 314 g/mol. The highest BCUT2D eigenvalue weighted by atomic mass is 32.1. The molecule has 0 aliphatic rings. The number of ether oxygens (including phenoxy) is 2. The van der Waals surface area contributed by atoms with Crippen molar-refractivity contribution in [1.29, 1.82) is 5.26 Å². The molecule has 0 saturated carbocycles. The van der Waals surface area contributed by atoms with Crippen molar-refractivity contribution >= 4 is 29.2 Å². The highest BCUT2D eigenvalue weighted by Gasteiger charge is 2.14. The number of thiophene rings is 1. The first-order valence-corrected chi connectivity index (χ1v) is 7.51. The molecule has 2 rings (SSSR count). The first kappa shape index (κ1) is 16.5. The highest BCUT2D eigenvalue weighted by Crippen LogP contribution is 2.15. The van der Waals surface area contributed by atoms with Crippen molar-refractivity contribution in [2.45, 2.75) is 0 Å². The van der Waals surface area contributed by atoms with E-state index < -0.39 is 5.97 Å². The van der Waals surface area contributed by atoms with Gasteiger partial charge in [0.05, 0.1) is 12.0 Å². The smallest absolute Gasteiger partial charge is 0.349 e. The first-order valence-electron chi connectivity index (χ1n) is 6.63. The van der Waals surface area contributed by atoms with Crippen LogP contribution in [0.4, 0.5) is 0 Å². The third kappa shape index (κ3) is 4.53. The average Bonchev–Trinajstić information content (AvgIpc) is 3.12. The highest BCUT2D eigenvalue weighted by molar-refractivity contribution is 7.12. The molecule has 2 aromatic rings. The van der Waals surface area contributed by atoms with Gasteiger partial charge in [0.2, 0.25) is 5.78 Å². The van der Waals surface area contributed by atoms with Gasteiger partial charge in [0.25, 0.3) is 0 Å². The van der Waals surface area contributed by atoms with E-state index in [1.807, 2.05) is 0 Å². The van der Waals surface area contributed by atoms with E-state index in [0.29, 0.717) is 16.2 Å². The molecule has 0 aliphatic heterocycles. The maximum Gasteiger partial charge on any atom is 0.349 e. The Hall–Kier alpha value is -2.91. The summed E-state index contributed by atoms with van der Waals surface area (Å²) in [5.41, 5.74) is 0.484. The van der Waals surface area contributed by atoms with Crippen LogP contribution in [0, 0.1) is 11.3 Å². The number of hydrogen-bond acceptors (Lipinski definition) is 6. The maximum absolute atomic E-state index is 11.9. The van der Waals surface area contributed by atoms with E-state index in [1.54, 1.807) is 55.0 Å². The topological polar surface area (TPSA) is 76.4 Å². The van der Waals surface area contributed by atoms with Crippen molar-refractivity contribution in [2.24, 2.45) is 0 Å². The maximum atomic E-state index is 11.9. The van der Waals surface area contributed by atoms with Gasteiger partial charge in [-0.25, -0.2) is 4.79 Å². The van der Waals surface area contributed by atoms with Gasteiger partial charge in [0.15, 0.2) is 6.61 Å². The third-order valence-corrected chi connectivity index (χ3v) is 3.81. The SMILES string of the molecule is COc1ccc(/C=C(\C#N)C(=O)OCC(=O)c2cccs2)cc1. The van der Waals surface area contributed by atoms with E-state index in [1.165, 1.54) is 17.4 Å². The van der Waals surface area contributed by atoms with Crippen LogP contribution >= 0.6 is 11.3 Å². The van der Waals surface area contributed by atoms with Gasteiger partial charge in [-0.15, -0.1) is 11.3 Å². The summed E-state index contributed by atoms with van der Waals surface area (Å²) in [7, 11) is 1.55. The molecule has 5 nitrogen and oxygen atoms in total. The van der Waals surface area contributed by atoms with Gasteiger partial charge in [-0.3, -0.25) is 4.79 Å². The van der Waals surface area contributed by atoms with Crippen LogP contribution in [0.3, 0.4) is 0 Å². The molecule has 0 aliphatic carbocycles. The van der Waals surface area contributed by atoms with Crippen molar-refractivity contribution in [3.63, 3.8) is 0 Å². The van der Waals surface area contributed by atoms with E-state index in [0.717, 1.165) is 0 Å². The van der Waals surface area contributed by atoms with E-state index in [4.69, 9.17) is 14.7 Å². The van der Waals surface area contributed by atoms with Crippen LogP contribution in [0.25, 0.3) is 6.08 Å². The van der Waals surface area contributed by atoms with Crippen LogP contribution < -0.4 is 4.74 Å². The summed E-state index contributed by atoms with van der Waals surface area (Å²) in [4.78, 5) is 24.2. The van der Waals surface area contributed by atoms with Crippen LogP contribution in [0.1, 0.15) is 15.2 Å². The number of hydrogen-bond donors (Lipinski definition) is 0. The van der Waals surface area contributed by atoms with Gasteiger partial charge in [0, 0.05) is 0 Å². The third-order valence-electron chi connectivity index (χ3n) is 2.90. The second-order valence-electron chi connectivity index (χ2n) is 4.42. The fraction of sp³-hybridized carbons (Fsp3) is 0.118. The van der Waals surface area contributed by atoms with Crippen molar-refractivity contribution in [3.8, 4) is 11.8 Å². The van der Waals surface area contributed by atoms with Gasteiger partial charge in [0.1, 0.15) is 17.4 Å². The van der Waals surface area contributed by atoms with Gasteiger partial charge in [-0.2, -0.15) is 5.26 Å². The number of ketones is 1. The van der Waals surface area contributed by atoms with E-state index in [2.05, 4.69) is 0 Å². The standard InChI is InChI=1S/C17H13NO4S/c1-21-14-6-4-12(5-7-14)9-13(10-18)17(20)22-11-15(19)16-3-2-8-23-16/h2-9H,11H2,1H3/b13-9+. The second-order valence-corrected chi connectivity index (χ2v) is 5.37. The minimum atomic E-state index is -0.826. The Morgan fingerprint density at radius 3 is 2.57 bits per heavy atom. The number of carbonyl (C=O) groups excluding carboxylic acids is 2. The Kier molecular flexibility index (Phi) is 5.67. The largest absolute Gasteiger partial charge is 0.497 e. The molecular formula is C17H13NO4S. The number of methoxy groups -OCH3 is 1. The van der Waals surface area contributed by atoms with Crippen molar-refractivity contribution in [3.05, 3.63) is 57.8 Å². The predicted octanol–water partition coefficient (Wildman–Crippen LogP) is 3.09. The zero-order valence-corrected chi connectivity index (χ0v) is 13.1. The predicted molar refractivity (Wildman–Crippen MR) is 86.2 cm³/mol. The number of esters is 1. The van der Waals surface area contributed by atoms with Crippen LogP contribution in [0.2, 0.25) is 0 Å². The monoisotopic (exact) mass is 327 g/mol. The van der Waals surface area contributed by atoms with E-state index in [-0.39, 0.29) is 18.0 Å². The number of carbonyl (C=O) groups is 2. The van der Waals surface area contributed by atoms with Gasteiger partial charge in [-0.05, 0) is 35.2 Å². The molecule has 0 radical (unpaired) electrons. The lowest BCUT2D eigenvalue weighted by atomic mass is 10.1. The minimum Gasteiger partial charge on any atom is -0.497 e. The molecule has 0 N–H and O–H groups in total. The molecule has 116 valence electrons. The summed E-state index contributed by atoms with van der Waals surface area (Å²) >= 11 is 1.27. The van der Waals surface area contributed by atoms with E-state index in [9.17, 15) is 9.59 Å². The zero-order valence-electron chi connectivity index (χ0n) is 12.3. The van der Waals surface area contributed by atoms with Gasteiger partial charge >= 0.3 is 5.97 Å². The molecule has 6 heteroatoms. The van der Waals surface area contributed by atoms with Crippen LogP contribution in [-0.2, 0) is 9.53 Å². The Morgan fingerprint density at radius 1 is 1.26 bits per heavy atom. The summed E-state index contributed by atoms with van der Waals surface area (Å²) in [6.07, 6.45) is 1.40. The van der Waals surface area contributed by atoms with Gasteiger partial charge in [-0.1, -0.05) is 18.2 Å². The fourth-order valence-electron chi connectivity index (χ4n) is 1.72. The number of nitrogens with zero attached hydrogens (tertiary/aromatic N) is 1. The first-order chi connectivity index (χ1) is 11.1. The Morgan fingerprint density at radius 2 is 2.00 bits per heavy atom. The quantitative estimate of drug-likeness (QED) is 0.353. The second kappa shape index (κ2) is 7.92. The lowest BCUT2D eigenvalue weighted by molar-refractivity contribution is -0.137. The Labute approximate surface area is 137 Å². The normalized spacial score (nSPS) is 10.7. The van der Waals surface area contributed by atoms with E-state index >= 15 is 0 Å². The molecule has 1 heterocycles. The molecule has 23 heavy (non-hydrogen) atoms. The summed E-state index contributed by atoms with van der Waals surface area (Å²) in [6, 6.07) is 12.0. The fourth-order valence-corrected chi connectivity index (χ4v) is 2.37. The van der Waals surface area contributed by atoms with Crippen molar-refractivity contribution in [1.82, 2.24) is 0 Å². The lowest BCUT2D eigenvalue weighted by Gasteiger charge is -2.03. The molecule has 0 bridgehead atoms. The van der Waals surface area contributed by atoms with Crippen LogP contribution in [-0.4, -0.2) is 25.5 Å². The Balaban J connectivity index is 2.01. The number of benzene rings is 1. The molecule has 0 spiro atoms. The lowest BCUT2D eigenvalue weighted by Crippen LogP contribution is -2.14. The molecule has 0 fully saturated rings. The molecule has 0 amide bonds. The molecule has 0 atom stereocenters. The minimum absolute atomic E-state index is 0.172. The summed E-state index contributed by atoms with van der Waals surface area (Å²) < 4.78 is 9.93. The number of rotatable bonds is 6. The summed E-state index contributed by atoms with van der Waals surface area (Å²) in [5.74, 6) is -0.451. The Bertz CT molecular complexity index is 755. The van der Waals surface area contributed by atoms with Crippen LogP contribution in [0.5, 0.6) is 5.75 Å². The molecule has 0 saturated heterocycles. The summed E-state index contributed by atoms with van der Waals surface area (Å²) in [5, 5.41) is 10.8. The number of Topliss-reactive ketones (excluding diaryl/α,β-unsaturated/α-hetero) is 1. The van der Waals surface area contributed by atoms with Crippen molar-refractivity contribution < 1.29 is 19.1 Å². The van der Waals surface area contributed by atoms with Crippen molar-refractivity contribution in [2.75, 3.05) is 13.7 Å². The van der Waals surface area contributed by atoms with Gasteiger partial charge < -0.3 is 9.47 Å². The zero-order chi connectivity index (χ0) is 16.7. The average molecular weight is 327 g/mol. The molecule has 0 unspecified atom stereocenters. The number of nitriles is 1. The molecule has 1 aromatic carbocycles. The summed E-state index contributed by atoms with van der Waals surface area (Å²) in [6.45, 7) is -0.388. The van der Waals surface area contributed by atoms with Crippen LogP contribution in [0.15, 0.2) is 47.4 Å².